The topological polar surface area (TPSA) is 109 Å². The van der Waals surface area contributed by atoms with Crippen LogP contribution in [0.2, 0.25) is 4.34 Å². The quantitative estimate of drug-likeness (QED) is 0.515. The highest BCUT2D eigenvalue weighted by Gasteiger charge is 2.49. The Balaban J connectivity index is 1.48. The van der Waals surface area contributed by atoms with E-state index in [0.29, 0.717) is 47.0 Å². The van der Waals surface area contributed by atoms with Crippen molar-refractivity contribution < 1.29 is 22.7 Å². The zero-order valence-electron chi connectivity index (χ0n) is 19.5. The molecular formula is C24H23ClN4O5S2. The highest BCUT2D eigenvalue weighted by Crippen LogP contribution is 2.48. The van der Waals surface area contributed by atoms with Crippen molar-refractivity contribution in [3.8, 4) is 11.5 Å². The molecule has 2 aliphatic rings. The summed E-state index contributed by atoms with van der Waals surface area (Å²) in [5.74, 6) is 0.879. The number of nitrogens with zero attached hydrogens (tertiary/aromatic N) is 3. The molecule has 1 unspecified atom stereocenters. The summed E-state index contributed by atoms with van der Waals surface area (Å²) in [5, 5.41) is 3.20. The molecule has 12 heteroatoms. The van der Waals surface area contributed by atoms with Gasteiger partial charge in [0.15, 0.2) is 15.0 Å². The van der Waals surface area contributed by atoms with E-state index in [1.165, 1.54) is 29.7 Å². The fourth-order valence-corrected chi connectivity index (χ4v) is 6.22. The van der Waals surface area contributed by atoms with Crippen molar-refractivity contribution in [1.29, 1.82) is 0 Å². The van der Waals surface area contributed by atoms with Crippen LogP contribution < -0.4 is 15.0 Å². The van der Waals surface area contributed by atoms with Gasteiger partial charge in [0.1, 0.15) is 15.8 Å². The van der Waals surface area contributed by atoms with Crippen molar-refractivity contribution in [3.63, 3.8) is 0 Å². The fraction of sp³-hybridized carbons (Fsp3) is 0.292. The SMILES string of the molecule is CC(=O)N1CCC2(C1)CN(C(=O)Nc1ncc(Cl)s1)c1ccc(Oc3cccc(S(C)(=O)=O)c3)cc12. The van der Waals surface area contributed by atoms with Crippen molar-refractivity contribution >= 4 is 55.5 Å². The Labute approximate surface area is 217 Å². The minimum Gasteiger partial charge on any atom is -0.457 e. The number of urea groups is 1. The highest BCUT2D eigenvalue weighted by molar-refractivity contribution is 7.90. The van der Waals surface area contributed by atoms with E-state index in [0.717, 1.165) is 17.5 Å². The number of hydrogen-bond acceptors (Lipinski definition) is 7. The Morgan fingerprint density at radius 3 is 2.61 bits per heavy atom. The number of nitrogens with one attached hydrogen (secondary N) is 1. The average molecular weight is 547 g/mol. The number of ether oxygens (including phenoxy) is 1. The van der Waals surface area contributed by atoms with Crippen LogP contribution in [-0.4, -0.2) is 56.1 Å². The van der Waals surface area contributed by atoms with E-state index >= 15 is 0 Å². The maximum Gasteiger partial charge on any atom is 0.328 e. The number of aromatic nitrogens is 1. The molecular weight excluding hydrogens is 524 g/mol. The van der Waals surface area contributed by atoms with Gasteiger partial charge in [-0.1, -0.05) is 29.0 Å². The molecule has 5 rings (SSSR count). The maximum atomic E-state index is 13.2. The third kappa shape index (κ3) is 4.65. The first kappa shape index (κ1) is 24.5. The van der Waals surface area contributed by atoms with Crippen molar-refractivity contribution in [2.75, 3.05) is 36.1 Å². The summed E-state index contributed by atoms with van der Waals surface area (Å²) in [7, 11) is -3.38. The monoisotopic (exact) mass is 546 g/mol. The van der Waals surface area contributed by atoms with Crippen LogP contribution in [0.3, 0.4) is 0 Å². The van der Waals surface area contributed by atoms with Crippen LogP contribution >= 0.6 is 22.9 Å². The Kier molecular flexibility index (Phi) is 6.17. The summed E-state index contributed by atoms with van der Waals surface area (Å²) < 4.78 is 30.4. The number of likely N-dealkylation sites (tertiary alicyclic amines) is 1. The van der Waals surface area contributed by atoms with Crippen LogP contribution in [0.15, 0.2) is 53.6 Å². The lowest BCUT2D eigenvalue weighted by Gasteiger charge is -2.25. The van der Waals surface area contributed by atoms with Gasteiger partial charge < -0.3 is 9.64 Å². The van der Waals surface area contributed by atoms with E-state index in [9.17, 15) is 18.0 Å². The molecule has 0 saturated carbocycles. The standard InChI is InChI=1S/C24H23ClN4O5S2/c1-15(30)28-9-8-24(13-28)14-29(23(31)27-22-26-12-21(25)35-22)20-7-6-17(11-19(20)24)34-16-4-3-5-18(10-16)36(2,32)33/h3-7,10-12H,8-9,13-14H2,1-2H3,(H,26,27,31). The summed E-state index contributed by atoms with van der Waals surface area (Å²) in [5.41, 5.74) is 1.17. The van der Waals surface area contributed by atoms with Gasteiger partial charge in [-0.3, -0.25) is 15.0 Å². The summed E-state index contributed by atoms with van der Waals surface area (Å²) in [6.07, 6.45) is 3.32. The van der Waals surface area contributed by atoms with Gasteiger partial charge in [0.25, 0.3) is 0 Å². The molecule has 1 spiro atoms. The van der Waals surface area contributed by atoms with E-state index in [2.05, 4.69) is 10.3 Å². The van der Waals surface area contributed by atoms with Crippen molar-refractivity contribution in [1.82, 2.24) is 9.88 Å². The zero-order valence-corrected chi connectivity index (χ0v) is 21.9. The number of anilines is 2. The molecule has 2 aliphatic heterocycles. The Bertz CT molecular complexity index is 1470. The lowest BCUT2D eigenvalue weighted by molar-refractivity contribution is -0.127. The van der Waals surface area contributed by atoms with E-state index in [-0.39, 0.29) is 16.8 Å². The second-order valence-electron chi connectivity index (χ2n) is 8.98. The maximum absolute atomic E-state index is 13.2. The van der Waals surface area contributed by atoms with Crippen LogP contribution in [0.5, 0.6) is 11.5 Å². The molecule has 1 N–H and O–H groups in total. The normalized spacial score (nSPS) is 19.0. The van der Waals surface area contributed by atoms with Gasteiger partial charge >= 0.3 is 6.03 Å². The van der Waals surface area contributed by atoms with Crippen molar-refractivity contribution in [2.45, 2.75) is 23.7 Å². The third-order valence-corrected chi connectivity index (χ3v) is 8.64. The number of fused-ring (bicyclic) bond motifs is 2. The number of hydrogen-bond donors (Lipinski definition) is 1. The summed E-state index contributed by atoms with van der Waals surface area (Å²) >= 11 is 7.12. The van der Waals surface area contributed by atoms with Crippen LogP contribution in [0, 0.1) is 0 Å². The number of rotatable bonds is 4. The lowest BCUT2D eigenvalue weighted by atomic mass is 9.81. The summed E-state index contributed by atoms with van der Waals surface area (Å²) in [6.45, 7) is 3.01. The molecule has 3 amide bonds. The molecule has 0 bridgehead atoms. The average Bonchev–Trinajstić information content (AvgIpc) is 3.52. The molecule has 1 atom stereocenters. The van der Waals surface area contributed by atoms with Crippen LogP contribution in [0.1, 0.15) is 18.9 Å². The summed E-state index contributed by atoms with van der Waals surface area (Å²) in [4.78, 5) is 33.0. The first-order valence-corrected chi connectivity index (χ1v) is 14.2. The number of carbonyl (C=O) groups is 2. The zero-order chi connectivity index (χ0) is 25.7. The van der Waals surface area contributed by atoms with Gasteiger partial charge in [-0.15, -0.1) is 0 Å². The molecule has 1 aromatic heterocycles. The van der Waals surface area contributed by atoms with Gasteiger partial charge in [0.05, 0.1) is 11.1 Å². The molecule has 36 heavy (non-hydrogen) atoms. The van der Waals surface area contributed by atoms with Crippen LogP contribution in [0.4, 0.5) is 15.6 Å². The smallest absolute Gasteiger partial charge is 0.328 e. The second-order valence-corrected chi connectivity index (χ2v) is 12.7. The molecule has 1 fully saturated rings. The highest BCUT2D eigenvalue weighted by atomic mass is 35.5. The van der Waals surface area contributed by atoms with Crippen molar-refractivity contribution in [2.24, 2.45) is 0 Å². The summed E-state index contributed by atoms with van der Waals surface area (Å²) in [6, 6.07) is 11.4. The van der Waals surface area contributed by atoms with Crippen LogP contribution in [-0.2, 0) is 20.0 Å². The Hall–Kier alpha value is -3.15. The number of sulfone groups is 1. The van der Waals surface area contributed by atoms with Gasteiger partial charge in [-0.05, 0) is 48.4 Å². The van der Waals surface area contributed by atoms with Crippen LogP contribution in [0.25, 0.3) is 0 Å². The Morgan fingerprint density at radius 2 is 1.94 bits per heavy atom. The first-order chi connectivity index (χ1) is 17.0. The molecule has 3 heterocycles. The van der Waals surface area contributed by atoms with E-state index in [1.54, 1.807) is 34.9 Å². The minimum atomic E-state index is -3.38. The van der Waals surface area contributed by atoms with E-state index < -0.39 is 15.3 Å². The van der Waals surface area contributed by atoms with Gasteiger partial charge in [-0.2, -0.15) is 0 Å². The van der Waals surface area contributed by atoms with Gasteiger partial charge in [0, 0.05) is 43.9 Å². The number of halogens is 1. The molecule has 9 nitrogen and oxygen atoms in total. The Morgan fingerprint density at radius 1 is 1.17 bits per heavy atom. The molecule has 3 aromatic rings. The third-order valence-electron chi connectivity index (χ3n) is 6.50. The van der Waals surface area contributed by atoms with E-state index in [4.69, 9.17) is 16.3 Å². The number of carbonyl (C=O) groups excluding carboxylic acids is 2. The van der Waals surface area contributed by atoms with E-state index in [1.807, 2.05) is 12.1 Å². The van der Waals surface area contributed by atoms with Gasteiger partial charge in [0.2, 0.25) is 5.91 Å². The number of thiazole rings is 1. The predicted octanol–water partition coefficient (Wildman–Crippen LogP) is 4.53. The fourth-order valence-electron chi connectivity index (χ4n) is 4.76. The molecule has 0 radical (unpaired) electrons. The molecule has 188 valence electrons. The predicted molar refractivity (Wildman–Crippen MR) is 138 cm³/mol. The van der Waals surface area contributed by atoms with Gasteiger partial charge in [-0.25, -0.2) is 18.2 Å². The second kappa shape index (κ2) is 9.06. The number of benzene rings is 2. The first-order valence-electron chi connectivity index (χ1n) is 11.1. The van der Waals surface area contributed by atoms with Crippen molar-refractivity contribution in [3.05, 3.63) is 58.6 Å². The molecule has 1 saturated heterocycles. The lowest BCUT2D eigenvalue weighted by Crippen LogP contribution is -2.41. The minimum absolute atomic E-state index is 0.0150. The largest absolute Gasteiger partial charge is 0.457 e. The molecule has 2 aromatic carbocycles. The number of amides is 3. The molecule has 0 aliphatic carbocycles.